The van der Waals surface area contributed by atoms with Gasteiger partial charge in [0.05, 0.1) is 18.8 Å². The molecule has 2 N–H and O–H groups in total. The molecule has 27 heavy (non-hydrogen) atoms. The molecule has 0 aliphatic carbocycles. The Bertz CT molecular complexity index is 772. The highest BCUT2D eigenvalue weighted by Crippen LogP contribution is 2.59. The summed E-state index contributed by atoms with van der Waals surface area (Å²) >= 11 is 0. The van der Waals surface area contributed by atoms with E-state index in [4.69, 9.17) is 24.0 Å². The number of nitrogens with zero attached hydrogens (tertiary/aromatic N) is 4. The number of rotatable bonds is 3. The van der Waals surface area contributed by atoms with E-state index in [0.29, 0.717) is 5.84 Å². The van der Waals surface area contributed by atoms with Gasteiger partial charge in [-0.3, -0.25) is 18.6 Å². The highest BCUT2D eigenvalue weighted by Gasteiger charge is 2.65. The SMILES string of the molecule is CC(C)OP1(=O)OCC2OC(C3C(C)N=C4C(N)=NC=NN43)C(C)(F)C2O1. The van der Waals surface area contributed by atoms with Crippen molar-refractivity contribution in [2.45, 2.75) is 69.9 Å². The smallest absolute Gasteiger partial charge is 0.381 e. The summed E-state index contributed by atoms with van der Waals surface area (Å²) < 4.78 is 50.5. The molecule has 150 valence electrons. The summed E-state index contributed by atoms with van der Waals surface area (Å²) in [5.74, 6) is 0.597. The van der Waals surface area contributed by atoms with Crippen molar-refractivity contribution in [3.8, 4) is 0 Å². The van der Waals surface area contributed by atoms with E-state index < -0.39 is 43.9 Å². The molecule has 0 aromatic rings. The van der Waals surface area contributed by atoms with Gasteiger partial charge in [-0.15, -0.1) is 0 Å². The van der Waals surface area contributed by atoms with Crippen molar-refractivity contribution in [3.05, 3.63) is 0 Å². The fourth-order valence-corrected chi connectivity index (χ4v) is 5.49. The predicted octanol–water partition coefficient (Wildman–Crippen LogP) is 1.22. The number of phosphoric ester groups is 1. The monoisotopic (exact) mass is 403 g/mol. The summed E-state index contributed by atoms with van der Waals surface area (Å²) in [5, 5.41) is 5.71. The third-order valence-corrected chi connectivity index (χ3v) is 6.61. The summed E-state index contributed by atoms with van der Waals surface area (Å²) in [6, 6.07) is -0.899. The van der Waals surface area contributed by atoms with Crippen molar-refractivity contribution in [1.82, 2.24) is 5.01 Å². The van der Waals surface area contributed by atoms with Crippen LogP contribution in [0, 0.1) is 0 Å². The molecule has 0 amide bonds. The molecule has 0 aromatic heterocycles. The largest absolute Gasteiger partial charge is 0.475 e. The van der Waals surface area contributed by atoms with E-state index >= 15 is 4.39 Å². The van der Waals surface area contributed by atoms with Crippen molar-refractivity contribution < 1.29 is 27.3 Å². The number of hydrogen-bond acceptors (Lipinski definition) is 10. The summed E-state index contributed by atoms with van der Waals surface area (Å²) in [4.78, 5) is 8.36. The Labute approximate surface area is 156 Å². The average Bonchev–Trinajstić information content (AvgIpc) is 3.01. The Morgan fingerprint density at radius 1 is 1.48 bits per heavy atom. The van der Waals surface area contributed by atoms with E-state index in [1.807, 2.05) is 6.92 Å². The molecular weight excluding hydrogens is 380 g/mol. The molecule has 0 spiro atoms. The van der Waals surface area contributed by atoms with Gasteiger partial charge in [0.15, 0.2) is 17.3 Å². The fourth-order valence-electron chi connectivity index (χ4n) is 3.85. The molecule has 4 rings (SSSR count). The zero-order valence-corrected chi connectivity index (χ0v) is 16.4. The number of ether oxygens (including phenoxy) is 1. The van der Waals surface area contributed by atoms with Gasteiger partial charge >= 0.3 is 7.82 Å². The number of hydrazone groups is 1. The van der Waals surface area contributed by atoms with E-state index in [1.165, 1.54) is 18.3 Å². The molecule has 12 heteroatoms. The summed E-state index contributed by atoms with van der Waals surface area (Å²) in [7, 11) is -3.86. The normalized spacial score (nSPS) is 46.3. The minimum atomic E-state index is -3.86. The van der Waals surface area contributed by atoms with E-state index in [9.17, 15) is 4.57 Å². The molecule has 10 nitrogen and oxygen atoms in total. The number of hydrogen-bond donors (Lipinski definition) is 1. The zero-order chi connectivity index (χ0) is 19.6. The van der Waals surface area contributed by atoms with Crippen LogP contribution in [0.5, 0.6) is 0 Å². The van der Waals surface area contributed by atoms with Gasteiger partial charge in [0.1, 0.15) is 30.7 Å². The molecular formula is C15H23FN5O5P. The number of nitrogens with two attached hydrogens (primary N) is 1. The maximum Gasteiger partial charge on any atom is 0.475 e. The van der Waals surface area contributed by atoms with Gasteiger partial charge in [0.2, 0.25) is 0 Å². The van der Waals surface area contributed by atoms with Crippen LogP contribution in [0.4, 0.5) is 4.39 Å². The second-order valence-electron chi connectivity index (χ2n) is 7.44. The van der Waals surface area contributed by atoms with Crippen LogP contribution in [0.1, 0.15) is 27.7 Å². The van der Waals surface area contributed by atoms with Gasteiger partial charge in [0.25, 0.3) is 0 Å². The first-order valence-electron chi connectivity index (χ1n) is 8.81. The first-order chi connectivity index (χ1) is 12.6. The highest BCUT2D eigenvalue weighted by molar-refractivity contribution is 7.48. The summed E-state index contributed by atoms with van der Waals surface area (Å²) in [6.45, 7) is 6.49. The molecule has 7 atom stereocenters. The quantitative estimate of drug-likeness (QED) is 0.704. The molecule has 4 aliphatic heterocycles. The topological polar surface area (TPSA) is 120 Å². The Hall–Kier alpha value is -1.39. The van der Waals surface area contributed by atoms with E-state index in [2.05, 4.69) is 15.1 Å². The zero-order valence-electron chi connectivity index (χ0n) is 15.5. The molecule has 0 radical (unpaired) electrons. The number of fused-ring (bicyclic) bond motifs is 2. The van der Waals surface area contributed by atoms with Crippen LogP contribution >= 0.6 is 7.82 Å². The molecule has 4 aliphatic rings. The van der Waals surface area contributed by atoms with Crippen LogP contribution < -0.4 is 5.73 Å². The maximum atomic E-state index is 15.9. The number of aliphatic imine (C=N–C) groups is 2. The lowest BCUT2D eigenvalue weighted by Gasteiger charge is -2.36. The highest BCUT2D eigenvalue weighted by atomic mass is 31.2. The van der Waals surface area contributed by atoms with Crippen LogP contribution in [-0.2, 0) is 22.9 Å². The fraction of sp³-hybridized carbons (Fsp3) is 0.800. The van der Waals surface area contributed by atoms with Crippen LogP contribution in [-0.4, -0.2) is 71.8 Å². The number of halogens is 1. The molecule has 7 unspecified atom stereocenters. The summed E-state index contributed by atoms with van der Waals surface area (Å²) in [6.07, 6.45) is -1.88. The van der Waals surface area contributed by atoms with Gasteiger partial charge in [-0.2, -0.15) is 5.10 Å². The number of phosphoric acid groups is 1. The van der Waals surface area contributed by atoms with Crippen LogP contribution in [0.2, 0.25) is 0 Å². The first-order valence-corrected chi connectivity index (χ1v) is 10.3. The third kappa shape index (κ3) is 3.01. The lowest BCUT2D eigenvalue weighted by molar-refractivity contribution is -0.0711. The molecule has 4 heterocycles. The minimum absolute atomic E-state index is 0.0909. The molecule has 0 saturated carbocycles. The maximum absolute atomic E-state index is 15.9. The lowest BCUT2D eigenvalue weighted by atomic mass is 9.88. The second kappa shape index (κ2) is 6.31. The minimum Gasteiger partial charge on any atom is -0.381 e. The standard InChI is InChI=1S/C15H23FN5O5P/c1-7(2)25-27(22)23-5-9-11(26-27)15(4,16)12(24-9)10-8(3)20-14-13(17)18-6-19-21(10)14/h6-12H,5H2,1-4H3,(H2,17,18,19). The molecule has 2 fully saturated rings. The Morgan fingerprint density at radius 3 is 2.93 bits per heavy atom. The third-order valence-electron chi connectivity index (χ3n) is 4.98. The van der Waals surface area contributed by atoms with Crippen LogP contribution in [0.3, 0.4) is 0 Å². The predicted molar refractivity (Wildman–Crippen MR) is 95.5 cm³/mol. The van der Waals surface area contributed by atoms with Gasteiger partial charge in [0, 0.05) is 0 Å². The Balaban J connectivity index is 1.59. The number of amidine groups is 2. The molecule has 2 saturated heterocycles. The Morgan fingerprint density at radius 2 is 2.22 bits per heavy atom. The van der Waals surface area contributed by atoms with Crippen molar-refractivity contribution in [2.24, 2.45) is 20.8 Å². The van der Waals surface area contributed by atoms with Gasteiger partial charge in [-0.05, 0) is 27.7 Å². The van der Waals surface area contributed by atoms with Gasteiger partial charge in [-0.1, -0.05) is 0 Å². The van der Waals surface area contributed by atoms with E-state index in [0.717, 1.165) is 0 Å². The lowest BCUT2D eigenvalue weighted by Crippen LogP contribution is -2.55. The molecule has 0 aromatic carbocycles. The van der Waals surface area contributed by atoms with Gasteiger partial charge < -0.3 is 10.5 Å². The molecule has 0 bridgehead atoms. The summed E-state index contributed by atoms with van der Waals surface area (Å²) in [5.41, 5.74) is 3.88. The van der Waals surface area contributed by atoms with Gasteiger partial charge in [-0.25, -0.2) is 19.0 Å². The number of alkyl halides is 1. The van der Waals surface area contributed by atoms with Crippen LogP contribution in [0.25, 0.3) is 0 Å². The Kier molecular flexibility index (Phi) is 4.43. The van der Waals surface area contributed by atoms with E-state index in [1.54, 1.807) is 13.8 Å². The average molecular weight is 403 g/mol. The first kappa shape index (κ1) is 18.9. The van der Waals surface area contributed by atoms with Crippen molar-refractivity contribution in [3.63, 3.8) is 0 Å². The van der Waals surface area contributed by atoms with Crippen LogP contribution in [0.15, 0.2) is 15.1 Å². The van der Waals surface area contributed by atoms with E-state index in [-0.39, 0.29) is 18.5 Å². The van der Waals surface area contributed by atoms with Crippen molar-refractivity contribution in [1.29, 1.82) is 0 Å². The second-order valence-corrected chi connectivity index (χ2v) is 9.02. The van der Waals surface area contributed by atoms with Crippen molar-refractivity contribution >= 4 is 25.8 Å². The van der Waals surface area contributed by atoms with Crippen molar-refractivity contribution in [2.75, 3.05) is 6.61 Å².